The van der Waals surface area contributed by atoms with Crippen molar-refractivity contribution >= 4 is 29.1 Å². The normalized spacial score (nSPS) is 13.5. The Hall–Kier alpha value is -3.13. The molecule has 1 aliphatic rings. The Morgan fingerprint density at radius 1 is 1.16 bits per heavy atom. The summed E-state index contributed by atoms with van der Waals surface area (Å²) in [6.07, 6.45) is 3.49. The Labute approximate surface area is 185 Å². The number of H-pyrrole nitrogens is 1. The van der Waals surface area contributed by atoms with E-state index >= 15 is 0 Å². The molecular weight excluding hydrogens is 416 g/mol. The fourth-order valence-corrected chi connectivity index (χ4v) is 3.72. The van der Waals surface area contributed by atoms with Crippen LogP contribution < -0.4 is 16.2 Å². The molecule has 0 bridgehead atoms. The molecule has 9 heteroatoms. The van der Waals surface area contributed by atoms with E-state index in [1.54, 1.807) is 30.3 Å². The van der Waals surface area contributed by atoms with Crippen LogP contribution in [0.2, 0.25) is 5.02 Å². The minimum absolute atomic E-state index is 0.151. The van der Waals surface area contributed by atoms with E-state index in [0.29, 0.717) is 22.5 Å². The highest BCUT2D eigenvalue weighted by molar-refractivity contribution is 6.30. The van der Waals surface area contributed by atoms with E-state index in [2.05, 4.69) is 25.7 Å². The number of carbonyl (C=O) groups is 1. The van der Waals surface area contributed by atoms with Crippen LogP contribution >= 0.6 is 11.6 Å². The average molecular weight is 441 g/mol. The summed E-state index contributed by atoms with van der Waals surface area (Å²) in [6.45, 7) is 6.08. The quantitative estimate of drug-likeness (QED) is 0.560. The highest BCUT2D eigenvalue weighted by Gasteiger charge is 2.24. The molecular formula is C22H25ClN6O2. The SMILES string of the molecule is CC(C)(C)c1cc(NC(=O)Nc2cccc(Cl)c2)n(-c2nc3c(c(=O)[nH]2)CCCC3)n1. The molecule has 162 valence electrons. The van der Waals surface area contributed by atoms with Gasteiger partial charge >= 0.3 is 6.03 Å². The van der Waals surface area contributed by atoms with Crippen molar-refractivity contribution in [3.63, 3.8) is 0 Å². The summed E-state index contributed by atoms with van der Waals surface area (Å²) >= 11 is 5.99. The first kappa shape index (κ1) is 21.1. The molecule has 3 N–H and O–H groups in total. The van der Waals surface area contributed by atoms with Gasteiger partial charge in [0.05, 0.1) is 11.4 Å². The van der Waals surface area contributed by atoms with Gasteiger partial charge < -0.3 is 5.32 Å². The lowest BCUT2D eigenvalue weighted by molar-refractivity contribution is 0.262. The van der Waals surface area contributed by atoms with Crippen LogP contribution in [0.25, 0.3) is 5.95 Å². The van der Waals surface area contributed by atoms with E-state index in [1.165, 1.54) is 4.68 Å². The summed E-state index contributed by atoms with van der Waals surface area (Å²) in [5.41, 5.74) is 2.44. The van der Waals surface area contributed by atoms with Crippen molar-refractivity contribution in [1.29, 1.82) is 0 Å². The summed E-state index contributed by atoms with van der Waals surface area (Å²) in [4.78, 5) is 32.7. The van der Waals surface area contributed by atoms with Gasteiger partial charge in [0.15, 0.2) is 0 Å². The minimum atomic E-state index is -0.454. The Morgan fingerprint density at radius 3 is 2.68 bits per heavy atom. The van der Waals surface area contributed by atoms with Crippen LogP contribution in [0.5, 0.6) is 0 Å². The summed E-state index contributed by atoms with van der Waals surface area (Å²) in [5, 5.41) is 10.7. The third kappa shape index (κ3) is 4.64. The number of carbonyl (C=O) groups excluding carboxylic acids is 1. The van der Waals surface area contributed by atoms with Gasteiger partial charge in [-0.1, -0.05) is 38.4 Å². The Bertz CT molecular complexity index is 1190. The maximum absolute atomic E-state index is 12.6. The molecule has 0 saturated heterocycles. The first-order chi connectivity index (χ1) is 14.7. The topological polar surface area (TPSA) is 105 Å². The number of rotatable bonds is 3. The maximum Gasteiger partial charge on any atom is 0.324 e. The van der Waals surface area contributed by atoms with E-state index < -0.39 is 6.03 Å². The zero-order valence-corrected chi connectivity index (χ0v) is 18.5. The number of anilines is 2. The predicted octanol–water partition coefficient (Wildman–Crippen LogP) is 4.43. The van der Waals surface area contributed by atoms with Crippen molar-refractivity contribution in [3.05, 3.63) is 62.7 Å². The standard InChI is InChI=1S/C22H25ClN6O2/c1-22(2,3)17-12-18(26-21(31)24-14-8-6-7-13(23)11-14)29(28-17)20-25-16-10-5-4-9-15(16)19(30)27-20/h6-8,11-12H,4-5,9-10H2,1-3H3,(H2,24,26,31)(H,25,27,30). The molecule has 2 amide bonds. The molecule has 1 aromatic carbocycles. The number of aryl methyl sites for hydroxylation is 1. The molecule has 0 unspecified atom stereocenters. The number of hydrogen-bond acceptors (Lipinski definition) is 4. The van der Waals surface area contributed by atoms with Crippen LogP contribution in [0.15, 0.2) is 35.1 Å². The van der Waals surface area contributed by atoms with Crippen LogP contribution in [0.4, 0.5) is 16.3 Å². The van der Waals surface area contributed by atoms with Crippen molar-refractivity contribution in [3.8, 4) is 5.95 Å². The van der Waals surface area contributed by atoms with Gasteiger partial charge in [-0.2, -0.15) is 9.78 Å². The van der Waals surface area contributed by atoms with Crippen LogP contribution in [0.3, 0.4) is 0 Å². The molecule has 1 aliphatic carbocycles. The highest BCUT2D eigenvalue weighted by atomic mass is 35.5. The van der Waals surface area contributed by atoms with Gasteiger partial charge in [-0.15, -0.1) is 0 Å². The van der Waals surface area contributed by atoms with Crippen molar-refractivity contribution in [1.82, 2.24) is 19.7 Å². The van der Waals surface area contributed by atoms with Crippen molar-refractivity contribution < 1.29 is 4.79 Å². The molecule has 31 heavy (non-hydrogen) atoms. The van der Waals surface area contributed by atoms with Crippen LogP contribution in [-0.4, -0.2) is 25.8 Å². The molecule has 0 saturated carbocycles. The second-order valence-corrected chi connectivity index (χ2v) is 9.12. The molecule has 4 rings (SSSR count). The zero-order chi connectivity index (χ0) is 22.2. The number of nitrogens with zero attached hydrogens (tertiary/aromatic N) is 3. The van der Waals surface area contributed by atoms with E-state index in [4.69, 9.17) is 11.6 Å². The second-order valence-electron chi connectivity index (χ2n) is 8.69. The fourth-order valence-electron chi connectivity index (χ4n) is 3.53. The number of urea groups is 1. The number of hydrogen-bond donors (Lipinski definition) is 3. The Morgan fingerprint density at radius 2 is 1.94 bits per heavy atom. The van der Waals surface area contributed by atoms with E-state index in [0.717, 1.165) is 42.6 Å². The van der Waals surface area contributed by atoms with Crippen LogP contribution in [0, 0.1) is 0 Å². The average Bonchev–Trinajstić information content (AvgIpc) is 3.12. The third-order valence-corrected chi connectivity index (χ3v) is 5.42. The molecule has 8 nitrogen and oxygen atoms in total. The number of aromatic nitrogens is 4. The first-order valence-corrected chi connectivity index (χ1v) is 10.6. The summed E-state index contributed by atoms with van der Waals surface area (Å²) in [5.74, 6) is 0.697. The number of aromatic amines is 1. The van der Waals surface area contributed by atoms with Crippen molar-refractivity contribution in [2.75, 3.05) is 10.6 Å². The fraction of sp³-hybridized carbons (Fsp3) is 0.364. The number of benzene rings is 1. The Kier molecular flexibility index (Phi) is 5.58. The summed E-state index contributed by atoms with van der Waals surface area (Å²) in [7, 11) is 0. The molecule has 0 atom stereocenters. The first-order valence-electron chi connectivity index (χ1n) is 10.3. The monoisotopic (exact) mass is 440 g/mol. The second kappa shape index (κ2) is 8.19. The molecule has 3 aromatic rings. The maximum atomic E-state index is 12.6. The van der Waals surface area contributed by atoms with Gasteiger partial charge in [-0.25, -0.2) is 9.78 Å². The molecule has 2 aromatic heterocycles. The number of fused-ring (bicyclic) bond motifs is 1. The predicted molar refractivity (Wildman–Crippen MR) is 121 cm³/mol. The lowest BCUT2D eigenvalue weighted by Crippen LogP contribution is -2.26. The third-order valence-electron chi connectivity index (χ3n) is 5.18. The summed E-state index contributed by atoms with van der Waals surface area (Å²) < 4.78 is 1.48. The van der Waals surface area contributed by atoms with Crippen LogP contribution in [0.1, 0.15) is 50.6 Å². The molecule has 0 radical (unpaired) electrons. The lowest BCUT2D eigenvalue weighted by atomic mass is 9.92. The van der Waals surface area contributed by atoms with Gasteiger partial charge in [0.1, 0.15) is 5.82 Å². The molecule has 0 aliphatic heterocycles. The van der Waals surface area contributed by atoms with Gasteiger partial charge in [0, 0.05) is 27.8 Å². The largest absolute Gasteiger partial charge is 0.324 e. The lowest BCUT2D eigenvalue weighted by Gasteiger charge is -2.16. The molecule has 0 spiro atoms. The molecule has 0 fully saturated rings. The van der Waals surface area contributed by atoms with Gasteiger partial charge in [0.2, 0.25) is 5.95 Å². The zero-order valence-electron chi connectivity index (χ0n) is 17.8. The van der Waals surface area contributed by atoms with Crippen LogP contribution in [-0.2, 0) is 18.3 Å². The van der Waals surface area contributed by atoms with E-state index in [1.807, 2.05) is 20.8 Å². The minimum Gasteiger partial charge on any atom is -0.308 e. The van der Waals surface area contributed by atoms with E-state index in [9.17, 15) is 9.59 Å². The highest BCUT2D eigenvalue weighted by Crippen LogP contribution is 2.26. The van der Waals surface area contributed by atoms with Crippen molar-refractivity contribution in [2.24, 2.45) is 0 Å². The van der Waals surface area contributed by atoms with E-state index in [-0.39, 0.29) is 11.0 Å². The summed E-state index contributed by atoms with van der Waals surface area (Å²) in [6, 6.07) is 8.21. The smallest absolute Gasteiger partial charge is 0.308 e. The number of halogens is 1. The Balaban J connectivity index is 1.70. The van der Waals surface area contributed by atoms with Gasteiger partial charge in [-0.3, -0.25) is 15.1 Å². The van der Waals surface area contributed by atoms with Gasteiger partial charge in [0.25, 0.3) is 5.56 Å². The molecule has 2 heterocycles. The number of amides is 2. The number of nitrogens with one attached hydrogen (secondary N) is 3. The van der Waals surface area contributed by atoms with Gasteiger partial charge in [-0.05, 0) is 43.9 Å². The van der Waals surface area contributed by atoms with Crippen molar-refractivity contribution in [2.45, 2.75) is 51.9 Å².